The quantitative estimate of drug-likeness (QED) is 0.839. The summed E-state index contributed by atoms with van der Waals surface area (Å²) in [6.45, 7) is 2.28. The number of ether oxygens (including phenoxy) is 1. The Morgan fingerprint density at radius 1 is 1.44 bits per heavy atom. The van der Waals surface area contributed by atoms with E-state index in [0.29, 0.717) is 6.61 Å². The van der Waals surface area contributed by atoms with Crippen LogP contribution >= 0.6 is 0 Å². The highest BCUT2D eigenvalue weighted by atomic mass is 16.5. The molecule has 1 atom stereocenters. The molecule has 1 amide bonds. The number of benzene rings is 1. The van der Waals surface area contributed by atoms with Gasteiger partial charge in [-0.15, -0.1) is 0 Å². The van der Waals surface area contributed by atoms with E-state index < -0.39 is 11.7 Å². The lowest BCUT2D eigenvalue weighted by Gasteiger charge is -2.28. The lowest BCUT2D eigenvalue weighted by Crippen LogP contribution is -2.42. The van der Waals surface area contributed by atoms with E-state index in [1.54, 1.807) is 6.92 Å². The number of aliphatic hydroxyl groups is 1. The second-order valence-corrected chi connectivity index (χ2v) is 4.64. The number of hydrogen-bond donors (Lipinski definition) is 2. The smallest absolute Gasteiger partial charge is 0.407 e. The molecule has 98 valence electrons. The van der Waals surface area contributed by atoms with Crippen LogP contribution in [0.1, 0.15) is 25.3 Å². The van der Waals surface area contributed by atoms with Gasteiger partial charge in [0, 0.05) is 0 Å². The van der Waals surface area contributed by atoms with E-state index >= 15 is 0 Å². The summed E-state index contributed by atoms with van der Waals surface area (Å²) in [5.74, 6) is 0.224. The van der Waals surface area contributed by atoms with Crippen LogP contribution in [0.2, 0.25) is 0 Å². The third-order valence-electron chi connectivity index (χ3n) is 3.30. The average Bonchev–Trinajstić information content (AvgIpc) is 3.22. The molecular formula is C14H19NO3. The van der Waals surface area contributed by atoms with Gasteiger partial charge < -0.3 is 15.2 Å². The minimum atomic E-state index is -0.978. The van der Waals surface area contributed by atoms with Crippen LogP contribution in [-0.4, -0.2) is 24.4 Å². The number of alkyl carbamates (subject to hydrolysis) is 1. The summed E-state index contributed by atoms with van der Waals surface area (Å²) < 4.78 is 4.81. The monoisotopic (exact) mass is 249 g/mol. The molecule has 0 bridgehead atoms. The zero-order valence-electron chi connectivity index (χ0n) is 10.6. The second kappa shape index (κ2) is 5.40. The number of rotatable bonds is 5. The highest BCUT2D eigenvalue weighted by molar-refractivity contribution is 5.67. The molecule has 2 rings (SSSR count). The second-order valence-electron chi connectivity index (χ2n) is 4.64. The summed E-state index contributed by atoms with van der Waals surface area (Å²) in [5, 5.41) is 13.4. The first-order valence-corrected chi connectivity index (χ1v) is 6.35. The first-order chi connectivity index (χ1) is 8.66. The minimum absolute atomic E-state index is 0.195. The Hall–Kier alpha value is -1.55. The lowest BCUT2D eigenvalue weighted by atomic mass is 9.89. The lowest BCUT2D eigenvalue weighted by molar-refractivity contribution is 0.0128. The number of carbonyl (C=O) groups is 1. The Balaban J connectivity index is 2.06. The topological polar surface area (TPSA) is 58.6 Å². The van der Waals surface area contributed by atoms with E-state index in [0.717, 1.165) is 18.4 Å². The van der Waals surface area contributed by atoms with Crippen molar-refractivity contribution in [3.05, 3.63) is 35.9 Å². The third-order valence-corrected chi connectivity index (χ3v) is 3.30. The summed E-state index contributed by atoms with van der Waals surface area (Å²) in [5.41, 5.74) is -0.127. The Labute approximate surface area is 107 Å². The molecule has 4 heteroatoms. The van der Waals surface area contributed by atoms with Crippen LogP contribution in [0.3, 0.4) is 0 Å². The van der Waals surface area contributed by atoms with E-state index in [1.165, 1.54) is 0 Å². The van der Waals surface area contributed by atoms with E-state index in [4.69, 9.17) is 4.74 Å². The van der Waals surface area contributed by atoms with E-state index in [1.807, 2.05) is 30.3 Å². The van der Waals surface area contributed by atoms with Gasteiger partial charge in [-0.25, -0.2) is 4.79 Å². The van der Waals surface area contributed by atoms with Gasteiger partial charge in [0.2, 0.25) is 0 Å². The molecule has 0 radical (unpaired) electrons. The van der Waals surface area contributed by atoms with Crippen LogP contribution in [-0.2, 0) is 10.3 Å². The summed E-state index contributed by atoms with van der Waals surface area (Å²) in [7, 11) is 0. The predicted octanol–water partition coefficient (Wildman–Crippen LogP) is 2.03. The summed E-state index contributed by atoms with van der Waals surface area (Å²) in [6, 6.07) is 9.49. The number of carbonyl (C=O) groups excluding carboxylic acids is 1. The summed E-state index contributed by atoms with van der Waals surface area (Å²) in [4.78, 5) is 11.3. The molecule has 1 aromatic rings. The van der Waals surface area contributed by atoms with E-state index in [-0.39, 0.29) is 12.5 Å². The molecule has 18 heavy (non-hydrogen) atoms. The van der Waals surface area contributed by atoms with Gasteiger partial charge in [0.15, 0.2) is 0 Å². The standard InChI is InChI=1S/C14H19NO3/c1-2-18-13(16)15-10-14(17,12-8-9-12)11-6-4-3-5-7-11/h3-7,12,17H,2,8-10H2,1H3,(H,15,16)/t14-/m0/s1. The zero-order valence-corrected chi connectivity index (χ0v) is 10.6. The Morgan fingerprint density at radius 3 is 2.67 bits per heavy atom. The van der Waals surface area contributed by atoms with Crippen LogP contribution in [0.5, 0.6) is 0 Å². The van der Waals surface area contributed by atoms with Gasteiger partial charge in [0.05, 0.1) is 13.2 Å². The molecule has 2 N–H and O–H groups in total. The zero-order chi connectivity index (χ0) is 13.0. The largest absolute Gasteiger partial charge is 0.450 e. The normalized spacial score (nSPS) is 17.9. The fraction of sp³-hybridized carbons (Fsp3) is 0.500. The van der Waals surface area contributed by atoms with Gasteiger partial charge in [0.1, 0.15) is 5.60 Å². The van der Waals surface area contributed by atoms with Crippen molar-refractivity contribution in [2.45, 2.75) is 25.4 Å². The molecule has 1 aliphatic rings. The number of nitrogens with one attached hydrogen (secondary N) is 1. The maximum Gasteiger partial charge on any atom is 0.407 e. The molecule has 0 unspecified atom stereocenters. The predicted molar refractivity (Wildman–Crippen MR) is 68.1 cm³/mol. The molecule has 0 spiro atoms. The maximum absolute atomic E-state index is 11.3. The molecule has 0 saturated heterocycles. The third kappa shape index (κ3) is 2.82. The van der Waals surface area contributed by atoms with Crippen molar-refractivity contribution in [2.24, 2.45) is 5.92 Å². The Bertz CT molecular complexity index is 403. The summed E-state index contributed by atoms with van der Waals surface area (Å²) >= 11 is 0. The van der Waals surface area contributed by atoms with Gasteiger partial charge in [0.25, 0.3) is 0 Å². The fourth-order valence-corrected chi connectivity index (χ4v) is 2.16. The van der Waals surface area contributed by atoms with Gasteiger partial charge in [-0.1, -0.05) is 30.3 Å². The number of amides is 1. The molecular weight excluding hydrogens is 230 g/mol. The van der Waals surface area contributed by atoms with E-state index in [9.17, 15) is 9.90 Å². The maximum atomic E-state index is 11.3. The van der Waals surface area contributed by atoms with Crippen molar-refractivity contribution in [2.75, 3.05) is 13.2 Å². The molecule has 0 aliphatic heterocycles. The van der Waals surface area contributed by atoms with Crippen LogP contribution in [0.15, 0.2) is 30.3 Å². The molecule has 4 nitrogen and oxygen atoms in total. The molecule has 1 fully saturated rings. The number of hydrogen-bond acceptors (Lipinski definition) is 3. The SMILES string of the molecule is CCOC(=O)NC[C@](O)(c1ccccc1)C1CC1. The van der Waals surface area contributed by atoms with Crippen molar-refractivity contribution in [1.29, 1.82) is 0 Å². The fourth-order valence-electron chi connectivity index (χ4n) is 2.16. The van der Waals surface area contributed by atoms with Gasteiger partial charge in [-0.3, -0.25) is 0 Å². The van der Waals surface area contributed by atoms with Crippen molar-refractivity contribution >= 4 is 6.09 Å². The first kappa shape index (κ1) is 12.9. The molecule has 1 saturated carbocycles. The van der Waals surface area contributed by atoms with Gasteiger partial charge in [-0.05, 0) is 31.2 Å². The first-order valence-electron chi connectivity index (χ1n) is 6.35. The average molecular weight is 249 g/mol. The van der Waals surface area contributed by atoms with Crippen LogP contribution in [0.25, 0.3) is 0 Å². The van der Waals surface area contributed by atoms with Crippen molar-refractivity contribution in [3.8, 4) is 0 Å². The van der Waals surface area contributed by atoms with Crippen LogP contribution in [0, 0.1) is 5.92 Å². The molecule has 1 aromatic carbocycles. The van der Waals surface area contributed by atoms with Gasteiger partial charge >= 0.3 is 6.09 Å². The van der Waals surface area contributed by atoms with Crippen molar-refractivity contribution in [1.82, 2.24) is 5.32 Å². The van der Waals surface area contributed by atoms with Crippen molar-refractivity contribution < 1.29 is 14.6 Å². The highest BCUT2D eigenvalue weighted by Gasteiger charge is 2.45. The van der Waals surface area contributed by atoms with Crippen LogP contribution < -0.4 is 5.32 Å². The Morgan fingerprint density at radius 2 is 2.11 bits per heavy atom. The van der Waals surface area contributed by atoms with Crippen LogP contribution in [0.4, 0.5) is 4.79 Å². The van der Waals surface area contributed by atoms with Crippen molar-refractivity contribution in [3.63, 3.8) is 0 Å². The summed E-state index contributed by atoms with van der Waals surface area (Å²) in [6.07, 6.45) is 1.51. The molecule has 0 aromatic heterocycles. The molecule has 1 aliphatic carbocycles. The Kier molecular flexibility index (Phi) is 3.87. The van der Waals surface area contributed by atoms with E-state index in [2.05, 4.69) is 5.32 Å². The van der Waals surface area contributed by atoms with Gasteiger partial charge in [-0.2, -0.15) is 0 Å². The highest BCUT2D eigenvalue weighted by Crippen LogP contribution is 2.45. The minimum Gasteiger partial charge on any atom is -0.450 e. The molecule has 0 heterocycles.